The quantitative estimate of drug-likeness (QED) is 0.613. The van der Waals surface area contributed by atoms with E-state index in [1.54, 1.807) is 6.92 Å². The third-order valence-corrected chi connectivity index (χ3v) is 2.12. The SMILES string of the molecule is CCOC(=O)c1nc(CCl)cc(Cl)c1F. The van der Waals surface area contributed by atoms with Crippen LogP contribution in [0.3, 0.4) is 0 Å². The van der Waals surface area contributed by atoms with Crippen LogP contribution in [0.2, 0.25) is 5.02 Å². The molecule has 82 valence electrons. The fourth-order valence-electron chi connectivity index (χ4n) is 0.951. The van der Waals surface area contributed by atoms with Crippen LogP contribution in [-0.4, -0.2) is 17.6 Å². The van der Waals surface area contributed by atoms with E-state index in [9.17, 15) is 9.18 Å². The summed E-state index contributed by atoms with van der Waals surface area (Å²) in [5, 5.41) is -0.191. The van der Waals surface area contributed by atoms with E-state index in [1.165, 1.54) is 6.07 Å². The molecule has 1 aromatic rings. The van der Waals surface area contributed by atoms with Crippen molar-refractivity contribution in [3.05, 3.63) is 28.3 Å². The Labute approximate surface area is 96.2 Å². The van der Waals surface area contributed by atoms with Gasteiger partial charge in [0, 0.05) is 0 Å². The number of hydrogen-bond acceptors (Lipinski definition) is 3. The molecule has 0 aromatic carbocycles. The van der Waals surface area contributed by atoms with E-state index < -0.39 is 17.5 Å². The maximum Gasteiger partial charge on any atom is 0.360 e. The Kier molecular flexibility index (Phi) is 4.29. The summed E-state index contributed by atoms with van der Waals surface area (Å²) in [7, 11) is 0. The zero-order chi connectivity index (χ0) is 11.4. The molecule has 15 heavy (non-hydrogen) atoms. The summed E-state index contributed by atoms with van der Waals surface area (Å²) in [5.41, 5.74) is -0.105. The maximum atomic E-state index is 13.4. The van der Waals surface area contributed by atoms with Crippen molar-refractivity contribution in [1.82, 2.24) is 4.98 Å². The lowest BCUT2D eigenvalue weighted by atomic mass is 10.3. The molecule has 0 saturated carbocycles. The highest BCUT2D eigenvalue weighted by Crippen LogP contribution is 2.19. The average molecular weight is 252 g/mol. The molecule has 0 aliphatic heterocycles. The minimum atomic E-state index is -0.885. The number of esters is 1. The largest absolute Gasteiger partial charge is 0.461 e. The Morgan fingerprint density at radius 1 is 1.67 bits per heavy atom. The van der Waals surface area contributed by atoms with Crippen molar-refractivity contribution >= 4 is 29.2 Å². The predicted molar refractivity (Wildman–Crippen MR) is 54.7 cm³/mol. The van der Waals surface area contributed by atoms with Crippen molar-refractivity contribution in [3.8, 4) is 0 Å². The molecule has 3 nitrogen and oxygen atoms in total. The van der Waals surface area contributed by atoms with Crippen LogP contribution < -0.4 is 0 Å². The molecule has 0 atom stereocenters. The number of rotatable bonds is 3. The standard InChI is InChI=1S/C9H8Cl2FNO2/c1-2-15-9(14)8-7(12)6(11)3-5(4-10)13-8/h3H,2,4H2,1H3. The third kappa shape index (κ3) is 2.79. The second-order valence-corrected chi connectivity index (χ2v) is 3.29. The van der Waals surface area contributed by atoms with Gasteiger partial charge in [-0.2, -0.15) is 0 Å². The van der Waals surface area contributed by atoms with Crippen molar-refractivity contribution < 1.29 is 13.9 Å². The van der Waals surface area contributed by atoms with E-state index in [4.69, 9.17) is 23.2 Å². The van der Waals surface area contributed by atoms with Crippen molar-refractivity contribution in [2.24, 2.45) is 0 Å². The molecule has 0 saturated heterocycles. The minimum Gasteiger partial charge on any atom is -0.461 e. The van der Waals surface area contributed by atoms with Gasteiger partial charge in [0.1, 0.15) is 0 Å². The summed E-state index contributed by atoms with van der Waals surface area (Å²) in [5.74, 6) is -1.68. The molecule has 0 radical (unpaired) electrons. The minimum absolute atomic E-state index is 0.0480. The third-order valence-electron chi connectivity index (χ3n) is 1.57. The molecule has 0 unspecified atom stereocenters. The van der Waals surface area contributed by atoms with Crippen molar-refractivity contribution in [2.45, 2.75) is 12.8 Å². The fourth-order valence-corrected chi connectivity index (χ4v) is 1.30. The van der Waals surface area contributed by atoms with E-state index in [-0.39, 0.29) is 17.5 Å². The summed E-state index contributed by atoms with van der Waals surface area (Å²) in [6, 6.07) is 1.27. The van der Waals surface area contributed by atoms with Crippen LogP contribution in [0.1, 0.15) is 23.1 Å². The van der Waals surface area contributed by atoms with Gasteiger partial charge in [-0.05, 0) is 13.0 Å². The van der Waals surface area contributed by atoms with Crippen LogP contribution in [0.5, 0.6) is 0 Å². The molecule has 1 rings (SSSR count). The van der Waals surface area contributed by atoms with Gasteiger partial charge in [-0.15, -0.1) is 11.6 Å². The first-order chi connectivity index (χ1) is 7.10. The van der Waals surface area contributed by atoms with Gasteiger partial charge < -0.3 is 4.74 Å². The first-order valence-corrected chi connectivity index (χ1v) is 5.09. The number of halogens is 3. The number of aromatic nitrogens is 1. The van der Waals surface area contributed by atoms with Crippen LogP contribution in [0.15, 0.2) is 6.07 Å². The molecule has 0 aliphatic rings. The Morgan fingerprint density at radius 2 is 2.33 bits per heavy atom. The van der Waals surface area contributed by atoms with Gasteiger partial charge in [0.2, 0.25) is 0 Å². The summed E-state index contributed by atoms with van der Waals surface area (Å²) >= 11 is 11.1. The zero-order valence-corrected chi connectivity index (χ0v) is 9.40. The summed E-state index contributed by atoms with van der Waals surface area (Å²) < 4.78 is 18.0. The molecule has 0 aliphatic carbocycles. The number of alkyl halides is 1. The average Bonchev–Trinajstić information content (AvgIpc) is 2.22. The highest BCUT2D eigenvalue weighted by molar-refractivity contribution is 6.31. The maximum absolute atomic E-state index is 13.4. The van der Waals surface area contributed by atoms with Crippen molar-refractivity contribution in [3.63, 3.8) is 0 Å². The van der Waals surface area contributed by atoms with Crippen LogP contribution in [-0.2, 0) is 10.6 Å². The van der Waals surface area contributed by atoms with Gasteiger partial charge in [0.25, 0.3) is 0 Å². The number of hydrogen-bond donors (Lipinski definition) is 0. The molecule has 1 aromatic heterocycles. The topological polar surface area (TPSA) is 39.2 Å². The van der Waals surface area contributed by atoms with Gasteiger partial charge in [0.15, 0.2) is 11.5 Å². The molecule has 6 heteroatoms. The second-order valence-electron chi connectivity index (χ2n) is 2.61. The van der Waals surface area contributed by atoms with Crippen LogP contribution in [0.25, 0.3) is 0 Å². The van der Waals surface area contributed by atoms with E-state index in [2.05, 4.69) is 9.72 Å². The van der Waals surface area contributed by atoms with Gasteiger partial charge in [-0.1, -0.05) is 11.6 Å². The Morgan fingerprint density at radius 3 is 2.87 bits per heavy atom. The number of nitrogens with zero attached hydrogens (tertiary/aromatic N) is 1. The van der Waals surface area contributed by atoms with E-state index in [1.807, 2.05) is 0 Å². The van der Waals surface area contributed by atoms with E-state index in [0.29, 0.717) is 5.69 Å². The fraction of sp³-hybridized carbons (Fsp3) is 0.333. The Balaban J connectivity index is 3.15. The molecule has 0 fully saturated rings. The molecule has 0 bridgehead atoms. The lowest BCUT2D eigenvalue weighted by Gasteiger charge is -2.05. The molecule has 0 amide bonds. The van der Waals surface area contributed by atoms with Crippen molar-refractivity contribution in [1.29, 1.82) is 0 Å². The lowest BCUT2D eigenvalue weighted by Crippen LogP contribution is -2.11. The first kappa shape index (κ1) is 12.2. The number of ether oxygens (including phenoxy) is 1. The predicted octanol–water partition coefficient (Wildman–Crippen LogP) is 2.79. The zero-order valence-electron chi connectivity index (χ0n) is 7.89. The van der Waals surface area contributed by atoms with Crippen LogP contribution >= 0.6 is 23.2 Å². The number of pyridine rings is 1. The highest BCUT2D eigenvalue weighted by atomic mass is 35.5. The summed E-state index contributed by atoms with van der Waals surface area (Å²) in [6.07, 6.45) is 0. The highest BCUT2D eigenvalue weighted by Gasteiger charge is 2.18. The summed E-state index contributed by atoms with van der Waals surface area (Å²) in [6.45, 7) is 1.76. The lowest BCUT2D eigenvalue weighted by molar-refractivity contribution is 0.0513. The number of carbonyl (C=O) groups is 1. The Bertz CT molecular complexity index is 385. The number of carbonyl (C=O) groups excluding carboxylic acids is 1. The van der Waals surface area contributed by atoms with Gasteiger partial charge >= 0.3 is 5.97 Å². The molecule has 0 N–H and O–H groups in total. The molecular weight excluding hydrogens is 244 g/mol. The first-order valence-electron chi connectivity index (χ1n) is 4.18. The molecule has 1 heterocycles. The van der Waals surface area contributed by atoms with E-state index in [0.717, 1.165) is 0 Å². The van der Waals surface area contributed by atoms with Gasteiger partial charge in [-0.25, -0.2) is 14.2 Å². The monoisotopic (exact) mass is 251 g/mol. The van der Waals surface area contributed by atoms with Crippen LogP contribution in [0.4, 0.5) is 4.39 Å². The normalized spacial score (nSPS) is 10.1. The van der Waals surface area contributed by atoms with Crippen LogP contribution in [0, 0.1) is 5.82 Å². The second kappa shape index (κ2) is 5.28. The van der Waals surface area contributed by atoms with Crippen molar-refractivity contribution in [2.75, 3.05) is 6.61 Å². The van der Waals surface area contributed by atoms with E-state index >= 15 is 0 Å². The van der Waals surface area contributed by atoms with Gasteiger partial charge in [0.05, 0.1) is 23.2 Å². The van der Waals surface area contributed by atoms with Gasteiger partial charge in [-0.3, -0.25) is 0 Å². The Hall–Kier alpha value is -0.870. The molecule has 0 spiro atoms. The summed E-state index contributed by atoms with van der Waals surface area (Å²) in [4.78, 5) is 15.0. The smallest absolute Gasteiger partial charge is 0.360 e. The molecular formula is C9H8Cl2FNO2.